The van der Waals surface area contributed by atoms with E-state index in [0.717, 1.165) is 4.68 Å². The van der Waals surface area contributed by atoms with Crippen molar-refractivity contribution in [1.82, 2.24) is 9.78 Å². The van der Waals surface area contributed by atoms with E-state index in [1.165, 1.54) is 18.2 Å². The van der Waals surface area contributed by atoms with Gasteiger partial charge in [0.1, 0.15) is 0 Å². The number of fused-ring (bicyclic) bond motifs is 1. The molecule has 202 valence electrons. The Morgan fingerprint density at radius 3 is 2.43 bits per heavy atom. The third kappa shape index (κ3) is 6.06. The van der Waals surface area contributed by atoms with Crippen molar-refractivity contribution in [2.75, 3.05) is 5.32 Å². The number of nitrogens with one attached hydrogen (secondary N) is 1. The van der Waals surface area contributed by atoms with Gasteiger partial charge in [-0.1, -0.05) is 13.8 Å². The normalized spacial score (nSPS) is 22.0. The third-order valence-electron chi connectivity index (χ3n) is 6.65. The number of amides is 1. The highest BCUT2D eigenvalue weighted by Gasteiger charge is 2.45. The SMILES string of the molecule is CC1(C)CC(=O)c2c(C(F)(F)F)nn(-c3ccc(C(N)=O)c(N[C@H]4CC[C@H](OP(=O)(O)O)CC4)c3)c2C1. The number of Topliss-reactive ketones (excluding diaryl/α,β-unsaturated/α-hetero) is 1. The number of nitrogens with two attached hydrogens (primary N) is 1. The van der Waals surface area contributed by atoms with E-state index in [2.05, 4.69) is 10.4 Å². The molecule has 1 amide bonds. The number of aromatic nitrogens is 2. The van der Waals surface area contributed by atoms with Crippen LogP contribution in [0.4, 0.5) is 18.9 Å². The van der Waals surface area contributed by atoms with E-state index >= 15 is 0 Å². The summed E-state index contributed by atoms with van der Waals surface area (Å²) in [5, 5.41) is 6.98. The van der Waals surface area contributed by atoms with E-state index in [1.807, 2.05) is 0 Å². The number of phosphoric ester groups is 1. The Morgan fingerprint density at radius 1 is 1.22 bits per heavy atom. The monoisotopic (exact) mass is 544 g/mol. The van der Waals surface area contributed by atoms with Gasteiger partial charge in [-0.15, -0.1) is 0 Å². The van der Waals surface area contributed by atoms with Gasteiger partial charge in [0.2, 0.25) is 0 Å². The lowest BCUT2D eigenvalue weighted by atomic mass is 9.75. The van der Waals surface area contributed by atoms with Gasteiger partial charge in [-0.2, -0.15) is 18.3 Å². The zero-order chi connectivity index (χ0) is 27.3. The van der Waals surface area contributed by atoms with Crippen molar-refractivity contribution in [3.8, 4) is 5.69 Å². The molecule has 0 atom stereocenters. The van der Waals surface area contributed by atoms with E-state index in [4.69, 9.17) is 20.0 Å². The van der Waals surface area contributed by atoms with Crippen LogP contribution >= 0.6 is 7.82 Å². The molecule has 2 aromatic rings. The van der Waals surface area contributed by atoms with Crippen molar-refractivity contribution < 1.29 is 41.6 Å². The van der Waals surface area contributed by atoms with Gasteiger partial charge in [0, 0.05) is 18.2 Å². The summed E-state index contributed by atoms with van der Waals surface area (Å²) in [6.07, 6.45) is -3.64. The van der Waals surface area contributed by atoms with Gasteiger partial charge in [0.05, 0.1) is 28.6 Å². The Morgan fingerprint density at radius 2 is 1.86 bits per heavy atom. The van der Waals surface area contributed by atoms with Gasteiger partial charge >= 0.3 is 14.0 Å². The zero-order valence-corrected chi connectivity index (χ0v) is 21.1. The summed E-state index contributed by atoms with van der Waals surface area (Å²) in [4.78, 5) is 42.8. The molecule has 1 aromatic heterocycles. The molecule has 1 heterocycles. The number of anilines is 1. The van der Waals surface area contributed by atoms with Crippen molar-refractivity contribution in [1.29, 1.82) is 0 Å². The van der Waals surface area contributed by atoms with Crippen molar-refractivity contribution in [2.24, 2.45) is 11.1 Å². The summed E-state index contributed by atoms with van der Waals surface area (Å²) in [5.74, 6) is -1.37. The zero-order valence-electron chi connectivity index (χ0n) is 20.2. The molecule has 1 saturated carbocycles. The van der Waals surface area contributed by atoms with Gasteiger partial charge < -0.3 is 20.8 Å². The molecule has 0 spiro atoms. The van der Waals surface area contributed by atoms with Crippen molar-refractivity contribution >= 4 is 25.2 Å². The number of hydrogen-bond donors (Lipinski definition) is 4. The summed E-state index contributed by atoms with van der Waals surface area (Å²) in [5.41, 5.74) is 4.08. The van der Waals surface area contributed by atoms with Crippen LogP contribution in [0.15, 0.2) is 18.2 Å². The van der Waals surface area contributed by atoms with Gasteiger partial charge in [-0.3, -0.25) is 14.1 Å². The lowest BCUT2D eigenvalue weighted by Gasteiger charge is -2.30. The number of ketones is 1. The summed E-state index contributed by atoms with van der Waals surface area (Å²) in [6, 6.07) is 4.08. The van der Waals surface area contributed by atoms with Crippen LogP contribution in [-0.2, 0) is 21.7 Å². The second kappa shape index (κ2) is 9.54. The molecule has 14 heteroatoms. The quantitative estimate of drug-likeness (QED) is 0.398. The van der Waals surface area contributed by atoms with E-state index in [0.29, 0.717) is 25.7 Å². The number of carbonyl (C=O) groups is 2. The summed E-state index contributed by atoms with van der Waals surface area (Å²) >= 11 is 0. The number of alkyl halides is 3. The fourth-order valence-electron chi connectivity index (χ4n) is 5.08. The molecule has 0 radical (unpaired) electrons. The number of carbonyl (C=O) groups excluding carboxylic acids is 2. The fourth-order valence-corrected chi connectivity index (χ4v) is 5.68. The summed E-state index contributed by atoms with van der Waals surface area (Å²) in [6.45, 7) is 3.60. The average Bonchev–Trinajstić information content (AvgIpc) is 3.13. The maximum Gasteiger partial charge on any atom is 0.469 e. The lowest BCUT2D eigenvalue weighted by Crippen LogP contribution is -2.30. The fraction of sp³-hybridized carbons (Fsp3) is 0.522. The number of primary amides is 1. The number of phosphoric acid groups is 1. The van der Waals surface area contributed by atoms with Crippen LogP contribution in [0.5, 0.6) is 0 Å². The van der Waals surface area contributed by atoms with Gasteiger partial charge in [0.15, 0.2) is 11.5 Å². The van der Waals surface area contributed by atoms with Crippen LogP contribution in [0, 0.1) is 5.41 Å². The molecule has 0 saturated heterocycles. The standard InChI is InChI=1S/C23H28F3N4O6P/c1-22(2)10-17-19(18(31)11-22)20(23(24,25)26)29-30(17)13-5-8-15(21(27)32)16(9-13)28-12-3-6-14(7-4-12)36-37(33,34)35/h5,8-9,12,14,28H,3-4,6-7,10-11H2,1-2H3,(H2,27,32)(H2,33,34,35)/t12-,14-. The molecular formula is C23H28F3N4O6P. The second-order valence-corrected chi connectivity index (χ2v) is 11.5. The molecule has 1 fully saturated rings. The first-order chi connectivity index (χ1) is 17.0. The number of benzene rings is 1. The molecule has 10 nitrogen and oxygen atoms in total. The number of hydrogen-bond acceptors (Lipinski definition) is 6. The van der Waals surface area contributed by atoms with Crippen LogP contribution in [-0.4, -0.2) is 43.4 Å². The molecule has 0 bridgehead atoms. The molecule has 0 aliphatic heterocycles. The molecule has 37 heavy (non-hydrogen) atoms. The highest BCUT2D eigenvalue weighted by Crippen LogP contribution is 2.43. The Balaban J connectivity index is 1.69. The molecule has 0 unspecified atom stereocenters. The first-order valence-electron chi connectivity index (χ1n) is 11.7. The Hall–Kier alpha value is -2.73. The summed E-state index contributed by atoms with van der Waals surface area (Å²) < 4.78 is 58.4. The Bertz CT molecular complexity index is 1280. The molecule has 5 N–H and O–H groups in total. The largest absolute Gasteiger partial charge is 0.469 e. The van der Waals surface area contributed by atoms with Gasteiger partial charge in [-0.25, -0.2) is 9.25 Å². The minimum atomic E-state index is -4.82. The van der Waals surface area contributed by atoms with Crippen molar-refractivity contribution in [3.63, 3.8) is 0 Å². The molecule has 2 aliphatic rings. The highest BCUT2D eigenvalue weighted by atomic mass is 31.2. The number of halogens is 3. The van der Waals surface area contributed by atoms with E-state index in [9.17, 15) is 27.3 Å². The first-order valence-corrected chi connectivity index (χ1v) is 13.2. The Kier molecular flexibility index (Phi) is 7.04. The van der Waals surface area contributed by atoms with Gasteiger partial charge in [0.25, 0.3) is 5.91 Å². The molecule has 4 rings (SSSR count). The summed E-state index contributed by atoms with van der Waals surface area (Å²) in [7, 11) is -4.61. The van der Waals surface area contributed by atoms with E-state index in [-0.39, 0.29) is 41.5 Å². The highest BCUT2D eigenvalue weighted by molar-refractivity contribution is 7.46. The molecular weight excluding hydrogens is 516 g/mol. The predicted octanol–water partition coefficient (Wildman–Crippen LogP) is 3.98. The average molecular weight is 544 g/mol. The van der Waals surface area contributed by atoms with Crippen LogP contribution in [0.2, 0.25) is 0 Å². The second-order valence-electron chi connectivity index (χ2n) is 10.3. The van der Waals surface area contributed by atoms with Gasteiger partial charge in [-0.05, 0) is 55.7 Å². The minimum Gasteiger partial charge on any atom is -0.382 e. The third-order valence-corrected chi connectivity index (χ3v) is 7.22. The van der Waals surface area contributed by atoms with Crippen LogP contribution in [0.25, 0.3) is 5.69 Å². The van der Waals surface area contributed by atoms with Crippen molar-refractivity contribution in [3.05, 3.63) is 40.7 Å². The van der Waals surface area contributed by atoms with E-state index in [1.54, 1.807) is 13.8 Å². The maximum absolute atomic E-state index is 13.8. The van der Waals surface area contributed by atoms with Crippen LogP contribution in [0.3, 0.4) is 0 Å². The smallest absolute Gasteiger partial charge is 0.382 e. The molecule has 1 aromatic carbocycles. The minimum absolute atomic E-state index is 0.0312. The first kappa shape index (κ1) is 27.3. The number of nitrogens with zero attached hydrogens (tertiary/aromatic N) is 2. The van der Waals surface area contributed by atoms with E-state index < -0.39 is 48.5 Å². The van der Waals surface area contributed by atoms with Crippen LogP contribution in [0.1, 0.15) is 78.1 Å². The van der Waals surface area contributed by atoms with Crippen molar-refractivity contribution in [2.45, 2.75) is 70.7 Å². The molecule has 2 aliphatic carbocycles. The topological polar surface area (TPSA) is 157 Å². The maximum atomic E-state index is 13.8. The Labute approximate surface area is 210 Å². The van der Waals surface area contributed by atoms with Crippen LogP contribution < -0.4 is 11.1 Å². The predicted molar refractivity (Wildman–Crippen MR) is 126 cm³/mol. The lowest BCUT2D eigenvalue weighted by molar-refractivity contribution is -0.141. The number of rotatable bonds is 6.